The van der Waals surface area contributed by atoms with Gasteiger partial charge in [0.2, 0.25) is 0 Å². The first-order valence-electron chi connectivity index (χ1n) is 7.47. The highest BCUT2D eigenvalue weighted by Crippen LogP contribution is 2.25. The monoisotopic (exact) mass is 347 g/mol. The molecule has 2 amide bonds. The topological polar surface area (TPSA) is 71.1 Å². The van der Waals surface area contributed by atoms with Crippen LogP contribution in [0.5, 0.6) is 5.75 Å². The number of carbonyl (C=O) groups is 2. The summed E-state index contributed by atoms with van der Waals surface area (Å²) in [6.45, 7) is 2.40. The van der Waals surface area contributed by atoms with Crippen molar-refractivity contribution < 1.29 is 19.1 Å². The number of rotatable bonds is 3. The van der Waals surface area contributed by atoms with E-state index in [4.69, 9.17) is 21.7 Å². The van der Waals surface area contributed by atoms with E-state index in [9.17, 15) is 9.59 Å². The van der Waals surface area contributed by atoms with Crippen molar-refractivity contribution in [3.63, 3.8) is 0 Å². The first kappa shape index (κ1) is 16.4. The summed E-state index contributed by atoms with van der Waals surface area (Å²) < 4.78 is 10.5. The van der Waals surface area contributed by atoms with Gasteiger partial charge < -0.3 is 14.4 Å². The molecule has 3 rings (SSSR count). The lowest BCUT2D eigenvalue weighted by Crippen LogP contribution is -2.54. The highest BCUT2D eigenvalue weighted by atomic mass is 32.1. The maximum Gasteiger partial charge on any atom is 0.271 e. The lowest BCUT2D eigenvalue weighted by Gasteiger charge is -2.31. The lowest BCUT2D eigenvalue weighted by molar-refractivity contribution is -0.122. The number of amides is 2. The molecule has 24 heavy (non-hydrogen) atoms. The Balaban J connectivity index is 1.92. The van der Waals surface area contributed by atoms with E-state index in [-0.39, 0.29) is 10.7 Å². The number of methoxy groups -OCH3 is 1. The number of thiocarbonyl (C=S) groups is 1. The number of ether oxygens (including phenoxy) is 2. The molecule has 0 saturated carbocycles. The minimum atomic E-state index is -0.490. The Hall–Kier alpha value is -2.45. The summed E-state index contributed by atoms with van der Waals surface area (Å²) in [7, 11) is 1.54. The van der Waals surface area contributed by atoms with Gasteiger partial charge in [-0.2, -0.15) is 0 Å². The average molecular weight is 347 g/mol. The predicted octanol–water partition coefficient (Wildman–Crippen LogP) is 0.659. The molecule has 8 heteroatoms. The van der Waals surface area contributed by atoms with Gasteiger partial charge in [0, 0.05) is 25.4 Å². The first-order valence-corrected chi connectivity index (χ1v) is 7.88. The smallest absolute Gasteiger partial charge is 0.271 e. The van der Waals surface area contributed by atoms with Crippen molar-refractivity contribution in [3.8, 4) is 5.75 Å². The van der Waals surface area contributed by atoms with Crippen LogP contribution in [0.3, 0.4) is 0 Å². The molecule has 0 radical (unpaired) electrons. The third kappa shape index (κ3) is 3.24. The molecule has 7 nitrogen and oxygen atoms in total. The maximum absolute atomic E-state index is 12.8. The van der Waals surface area contributed by atoms with Crippen LogP contribution in [0.15, 0.2) is 36.0 Å². The van der Waals surface area contributed by atoms with Crippen molar-refractivity contribution in [2.24, 2.45) is 0 Å². The van der Waals surface area contributed by atoms with Crippen LogP contribution in [0.25, 0.3) is 0 Å². The summed E-state index contributed by atoms with van der Waals surface area (Å²) in [5.74, 6) is -0.349. The molecule has 1 N–H and O–H groups in total. The normalized spacial score (nSPS) is 20.4. The Kier molecular flexibility index (Phi) is 4.77. The minimum Gasteiger partial charge on any atom is -0.497 e. The van der Waals surface area contributed by atoms with Gasteiger partial charge in [-0.1, -0.05) is 6.07 Å². The second-order valence-corrected chi connectivity index (χ2v) is 5.68. The number of nitrogens with one attached hydrogen (secondary N) is 1. The van der Waals surface area contributed by atoms with Crippen molar-refractivity contribution in [3.05, 3.63) is 36.0 Å². The van der Waals surface area contributed by atoms with Gasteiger partial charge in [0.25, 0.3) is 11.8 Å². The largest absolute Gasteiger partial charge is 0.497 e. The van der Waals surface area contributed by atoms with Gasteiger partial charge in [0.05, 0.1) is 26.0 Å². The number of nitrogens with zero attached hydrogens (tertiary/aromatic N) is 2. The lowest BCUT2D eigenvalue weighted by atomic mass is 10.1. The van der Waals surface area contributed by atoms with E-state index in [0.717, 1.165) is 0 Å². The Morgan fingerprint density at radius 2 is 2.04 bits per heavy atom. The molecule has 0 aromatic heterocycles. The number of morpholine rings is 1. The molecule has 0 atom stereocenters. The van der Waals surface area contributed by atoms with Gasteiger partial charge in [-0.05, 0) is 24.4 Å². The molecular weight excluding hydrogens is 330 g/mol. The van der Waals surface area contributed by atoms with E-state index in [0.29, 0.717) is 37.7 Å². The quantitative estimate of drug-likeness (QED) is 0.492. The highest BCUT2D eigenvalue weighted by molar-refractivity contribution is 7.80. The molecule has 1 aromatic carbocycles. The molecule has 126 valence electrons. The fourth-order valence-corrected chi connectivity index (χ4v) is 2.80. The van der Waals surface area contributed by atoms with E-state index in [1.165, 1.54) is 4.90 Å². The Morgan fingerprint density at radius 3 is 2.75 bits per heavy atom. The van der Waals surface area contributed by atoms with Gasteiger partial charge in [-0.25, -0.2) is 0 Å². The third-order valence-electron chi connectivity index (χ3n) is 3.77. The molecular formula is C16H17N3O4S. The van der Waals surface area contributed by atoms with Crippen molar-refractivity contribution in [1.82, 2.24) is 10.2 Å². The summed E-state index contributed by atoms with van der Waals surface area (Å²) in [5.41, 5.74) is 0.588. The standard InChI is InChI=1S/C16H17N3O4S/c1-22-12-4-2-3-11(9-12)19-15(21)13(14(20)17-16(19)24)10-18-5-7-23-8-6-18/h2-4,9-10H,5-8H2,1H3,(H,17,20,24). The van der Waals surface area contributed by atoms with Crippen LogP contribution in [0.1, 0.15) is 0 Å². The predicted molar refractivity (Wildman–Crippen MR) is 91.7 cm³/mol. The molecule has 0 bridgehead atoms. The third-order valence-corrected chi connectivity index (χ3v) is 4.06. The van der Waals surface area contributed by atoms with Gasteiger partial charge in [0.1, 0.15) is 11.3 Å². The first-order chi connectivity index (χ1) is 11.6. The van der Waals surface area contributed by atoms with Crippen molar-refractivity contribution >= 4 is 34.8 Å². The summed E-state index contributed by atoms with van der Waals surface area (Å²) in [4.78, 5) is 28.2. The van der Waals surface area contributed by atoms with Crippen LogP contribution >= 0.6 is 12.2 Å². The van der Waals surface area contributed by atoms with Gasteiger partial charge >= 0.3 is 0 Å². The van der Waals surface area contributed by atoms with Crippen LogP contribution in [0.2, 0.25) is 0 Å². The van der Waals surface area contributed by atoms with Crippen LogP contribution in [0, 0.1) is 0 Å². The van der Waals surface area contributed by atoms with E-state index in [1.807, 2.05) is 4.90 Å². The molecule has 2 saturated heterocycles. The van der Waals surface area contributed by atoms with E-state index in [1.54, 1.807) is 37.6 Å². The van der Waals surface area contributed by atoms with Crippen LogP contribution in [-0.2, 0) is 14.3 Å². The fraction of sp³-hybridized carbons (Fsp3) is 0.312. The molecule has 0 aliphatic carbocycles. The average Bonchev–Trinajstić information content (AvgIpc) is 2.59. The zero-order valence-corrected chi connectivity index (χ0v) is 14.0. The summed E-state index contributed by atoms with van der Waals surface area (Å²) in [6.07, 6.45) is 1.58. The van der Waals surface area contributed by atoms with E-state index < -0.39 is 11.8 Å². The number of carbonyl (C=O) groups excluding carboxylic acids is 2. The van der Waals surface area contributed by atoms with E-state index >= 15 is 0 Å². The molecule has 2 heterocycles. The number of hydrogen-bond acceptors (Lipinski definition) is 6. The van der Waals surface area contributed by atoms with Gasteiger partial charge in [-0.15, -0.1) is 0 Å². The Bertz CT molecular complexity index is 713. The van der Waals surface area contributed by atoms with Crippen LogP contribution in [0.4, 0.5) is 5.69 Å². The number of benzene rings is 1. The second kappa shape index (κ2) is 6.98. The summed E-state index contributed by atoms with van der Waals surface area (Å²) in [6, 6.07) is 6.94. The van der Waals surface area contributed by atoms with Crippen LogP contribution in [-0.4, -0.2) is 55.2 Å². The maximum atomic E-state index is 12.8. The van der Waals surface area contributed by atoms with E-state index in [2.05, 4.69) is 5.32 Å². The van der Waals surface area contributed by atoms with Crippen molar-refractivity contribution in [2.75, 3.05) is 38.3 Å². The SMILES string of the molecule is COc1cccc(N2C(=O)C(=CN3CCOCC3)C(=O)NC2=S)c1. The van der Waals surface area contributed by atoms with Gasteiger partial charge in [0.15, 0.2) is 5.11 Å². The Morgan fingerprint density at radius 1 is 1.29 bits per heavy atom. The summed E-state index contributed by atoms with van der Waals surface area (Å²) in [5, 5.41) is 2.62. The molecule has 1 aromatic rings. The highest BCUT2D eigenvalue weighted by Gasteiger charge is 2.35. The number of anilines is 1. The zero-order chi connectivity index (χ0) is 17.1. The second-order valence-electron chi connectivity index (χ2n) is 5.29. The van der Waals surface area contributed by atoms with Crippen molar-refractivity contribution in [1.29, 1.82) is 0 Å². The molecule has 2 fully saturated rings. The van der Waals surface area contributed by atoms with Crippen LogP contribution < -0.4 is 15.0 Å². The molecule has 2 aliphatic rings. The minimum absolute atomic E-state index is 0.0494. The number of hydrogen-bond donors (Lipinski definition) is 1. The summed E-state index contributed by atoms with van der Waals surface area (Å²) >= 11 is 5.17. The Labute approximate surface area is 144 Å². The van der Waals surface area contributed by atoms with Crippen molar-refractivity contribution in [2.45, 2.75) is 0 Å². The molecule has 0 spiro atoms. The zero-order valence-electron chi connectivity index (χ0n) is 13.2. The molecule has 2 aliphatic heterocycles. The molecule has 0 unspecified atom stereocenters. The van der Waals surface area contributed by atoms with Gasteiger partial charge in [-0.3, -0.25) is 19.8 Å². The fourth-order valence-electron chi connectivity index (χ4n) is 2.52.